The molecule has 2 aromatic carbocycles. The van der Waals surface area contributed by atoms with Gasteiger partial charge in [-0.1, -0.05) is 54.6 Å². The number of carbonyl (C=O) groups excluding carboxylic acids is 1. The lowest BCUT2D eigenvalue weighted by Gasteiger charge is -2.22. The highest BCUT2D eigenvalue weighted by molar-refractivity contribution is 5.75. The minimum Gasteiger partial charge on any atom is -0.369 e. The Morgan fingerprint density at radius 1 is 1.13 bits per heavy atom. The first-order valence-corrected chi connectivity index (χ1v) is 7.77. The highest BCUT2D eigenvalue weighted by Gasteiger charge is 2.16. The van der Waals surface area contributed by atoms with Crippen LogP contribution in [-0.2, 0) is 9.53 Å². The van der Waals surface area contributed by atoms with E-state index in [9.17, 15) is 4.79 Å². The summed E-state index contributed by atoms with van der Waals surface area (Å²) < 4.78 is 6.15. The van der Waals surface area contributed by atoms with Gasteiger partial charge in [0, 0.05) is 6.54 Å². The molecule has 0 radical (unpaired) electrons. The maximum atomic E-state index is 10.9. The number of rotatable bonds is 8. The molecule has 0 saturated heterocycles. The van der Waals surface area contributed by atoms with E-state index in [1.807, 2.05) is 42.3 Å². The van der Waals surface area contributed by atoms with Gasteiger partial charge in [0.15, 0.2) is 0 Å². The number of hydrogen-bond donors (Lipinski definition) is 1. The summed E-state index contributed by atoms with van der Waals surface area (Å²) in [6.45, 7) is 3.51. The van der Waals surface area contributed by atoms with Crippen molar-refractivity contribution in [3.05, 3.63) is 71.3 Å². The van der Waals surface area contributed by atoms with Crippen LogP contribution in [0.5, 0.6) is 0 Å². The van der Waals surface area contributed by atoms with Crippen LogP contribution in [0.4, 0.5) is 0 Å². The van der Waals surface area contributed by atoms with Crippen molar-refractivity contribution in [1.29, 1.82) is 0 Å². The van der Waals surface area contributed by atoms with Crippen molar-refractivity contribution in [3.63, 3.8) is 0 Å². The zero-order valence-electron chi connectivity index (χ0n) is 13.7. The molecule has 0 aromatic heterocycles. The molecule has 0 heterocycles. The van der Waals surface area contributed by atoms with Crippen LogP contribution >= 0.6 is 0 Å². The standard InChI is InChI=1S/C19H24N2O2/c1-15-8-6-7-11-17(15)19(16-9-4-3-5-10-16)23-13-12-21(2)14-18(20)22/h3-11,19H,12-14H2,1-2H3,(H2,20,22). The molecule has 2 aromatic rings. The second-order valence-corrected chi connectivity index (χ2v) is 5.72. The average molecular weight is 312 g/mol. The first kappa shape index (κ1) is 17.2. The molecule has 0 saturated carbocycles. The molecule has 2 rings (SSSR count). The number of hydrogen-bond acceptors (Lipinski definition) is 3. The summed E-state index contributed by atoms with van der Waals surface area (Å²) in [6, 6.07) is 18.4. The Hall–Kier alpha value is -2.17. The van der Waals surface area contributed by atoms with Crippen LogP contribution in [0.3, 0.4) is 0 Å². The normalized spacial score (nSPS) is 12.3. The molecule has 2 N–H and O–H groups in total. The summed E-state index contributed by atoms with van der Waals surface area (Å²) in [6.07, 6.45) is -0.112. The van der Waals surface area contributed by atoms with Gasteiger partial charge < -0.3 is 10.5 Å². The van der Waals surface area contributed by atoms with Crippen LogP contribution in [0.1, 0.15) is 22.8 Å². The van der Waals surface area contributed by atoms with Crippen molar-refractivity contribution in [2.24, 2.45) is 5.73 Å². The Kier molecular flexibility index (Phi) is 6.32. The first-order chi connectivity index (χ1) is 11.1. The maximum absolute atomic E-state index is 10.9. The molecule has 0 spiro atoms. The monoisotopic (exact) mass is 312 g/mol. The third-order valence-corrected chi connectivity index (χ3v) is 3.76. The fourth-order valence-corrected chi connectivity index (χ4v) is 2.55. The molecule has 4 heteroatoms. The molecule has 23 heavy (non-hydrogen) atoms. The average Bonchev–Trinajstić information content (AvgIpc) is 2.53. The topological polar surface area (TPSA) is 55.6 Å². The number of nitrogens with zero attached hydrogens (tertiary/aromatic N) is 1. The Bertz CT molecular complexity index is 628. The lowest BCUT2D eigenvalue weighted by Crippen LogP contribution is -2.33. The van der Waals surface area contributed by atoms with Crippen LogP contribution in [0.15, 0.2) is 54.6 Å². The van der Waals surface area contributed by atoms with Crippen molar-refractivity contribution < 1.29 is 9.53 Å². The number of aryl methyl sites for hydroxylation is 1. The van der Waals surface area contributed by atoms with Crippen molar-refractivity contribution in [2.75, 3.05) is 26.7 Å². The highest BCUT2D eigenvalue weighted by atomic mass is 16.5. The number of likely N-dealkylation sites (N-methyl/N-ethyl adjacent to an activating group) is 1. The molecule has 0 fully saturated rings. The second-order valence-electron chi connectivity index (χ2n) is 5.72. The van der Waals surface area contributed by atoms with Crippen LogP contribution in [-0.4, -0.2) is 37.6 Å². The third-order valence-electron chi connectivity index (χ3n) is 3.76. The van der Waals surface area contributed by atoms with Crippen molar-refractivity contribution in [2.45, 2.75) is 13.0 Å². The Balaban J connectivity index is 2.10. The van der Waals surface area contributed by atoms with E-state index in [4.69, 9.17) is 10.5 Å². The lowest BCUT2D eigenvalue weighted by molar-refractivity contribution is -0.119. The van der Waals surface area contributed by atoms with Gasteiger partial charge in [-0.2, -0.15) is 0 Å². The number of carbonyl (C=O) groups is 1. The number of benzene rings is 2. The summed E-state index contributed by atoms with van der Waals surface area (Å²) in [5.41, 5.74) is 8.69. The van der Waals surface area contributed by atoms with E-state index in [0.717, 1.165) is 11.1 Å². The van der Waals surface area contributed by atoms with E-state index in [0.29, 0.717) is 13.2 Å². The molecular formula is C19H24N2O2. The number of amides is 1. The smallest absolute Gasteiger partial charge is 0.231 e. The second kappa shape index (κ2) is 8.46. The fraction of sp³-hybridized carbons (Fsp3) is 0.316. The van der Waals surface area contributed by atoms with Crippen LogP contribution < -0.4 is 5.73 Å². The minimum absolute atomic E-state index is 0.112. The van der Waals surface area contributed by atoms with Gasteiger partial charge in [-0.05, 0) is 30.7 Å². The summed E-state index contributed by atoms with van der Waals surface area (Å²) in [7, 11) is 1.86. The van der Waals surface area contributed by atoms with Gasteiger partial charge in [-0.15, -0.1) is 0 Å². The number of nitrogens with two attached hydrogens (primary N) is 1. The summed E-state index contributed by atoms with van der Waals surface area (Å²) in [4.78, 5) is 12.8. The largest absolute Gasteiger partial charge is 0.369 e. The Labute approximate surface area is 137 Å². The van der Waals surface area contributed by atoms with Crippen LogP contribution in [0, 0.1) is 6.92 Å². The molecule has 4 nitrogen and oxygen atoms in total. The van der Waals surface area contributed by atoms with Crippen molar-refractivity contribution >= 4 is 5.91 Å². The molecular weight excluding hydrogens is 288 g/mol. The van der Waals surface area contributed by atoms with Gasteiger partial charge >= 0.3 is 0 Å². The molecule has 1 amide bonds. The number of primary amides is 1. The highest BCUT2D eigenvalue weighted by Crippen LogP contribution is 2.28. The molecule has 122 valence electrons. The van der Waals surface area contributed by atoms with Gasteiger partial charge in [0.1, 0.15) is 6.10 Å². The first-order valence-electron chi connectivity index (χ1n) is 7.77. The van der Waals surface area contributed by atoms with Gasteiger partial charge in [-0.3, -0.25) is 9.69 Å². The van der Waals surface area contributed by atoms with Gasteiger partial charge in [0.25, 0.3) is 0 Å². The predicted octanol–water partition coefficient (Wildman–Crippen LogP) is 2.52. The van der Waals surface area contributed by atoms with E-state index in [-0.39, 0.29) is 18.6 Å². The maximum Gasteiger partial charge on any atom is 0.231 e. The zero-order valence-corrected chi connectivity index (χ0v) is 13.7. The van der Waals surface area contributed by atoms with E-state index in [1.165, 1.54) is 5.56 Å². The summed E-state index contributed by atoms with van der Waals surface area (Å²) >= 11 is 0. The summed E-state index contributed by atoms with van der Waals surface area (Å²) in [5.74, 6) is -0.328. The Morgan fingerprint density at radius 2 is 1.78 bits per heavy atom. The molecule has 0 aliphatic carbocycles. The molecule has 0 bridgehead atoms. The van der Waals surface area contributed by atoms with Crippen LogP contribution in [0.25, 0.3) is 0 Å². The molecule has 1 unspecified atom stereocenters. The van der Waals surface area contributed by atoms with Crippen molar-refractivity contribution in [3.8, 4) is 0 Å². The van der Waals surface area contributed by atoms with Gasteiger partial charge in [0.2, 0.25) is 5.91 Å². The Morgan fingerprint density at radius 3 is 2.43 bits per heavy atom. The quantitative estimate of drug-likeness (QED) is 0.815. The van der Waals surface area contributed by atoms with Crippen molar-refractivity contribution in [1.82, 2.24) is 4.90 Å². The SMILES string of the molecule is Cc1ccccc1C(OCCN(C)CC(N)=O)c1ccccc1. The number of ether oxygens (including phenoxy) is 1. The third kappa shape index (κ3) is 5.20. The van der Waals surface area contributed by atoms with Crippen LogP contribution in [0.2, 0.25) is 0 Å². The molecule has 1 atom stereocenters. The fourth-order valence-electron chi connectivity index (χ4n) is 2.55. The van der Waals surface area contributed by atoms with Gasteiger partial charge in [0.05, 0.1) is 13.2 Å². The van der Waals surface area contributed by atoms with Gasteiger partial charge in [-0.25, -0.2) is 0 Å². The molecule has 0 aliphatic rings. The van der Waals surface area contributed by atoms with E-state index in [1.54, 1.807) is 0 Å². The summed E-state index contributed by atoms with van der Waals surface area (Å²) in [5, 5.41) is 0. The van der Waals surface area contributed by atoms with E-state index in [2.05, 4.69) is 31.2 Å². The van der Waals surface area contributed by atoms with E-state index < -0.39 is 0 Å². The zero-order chi connectivity index (χ0) is 16.7. The predicted molar refractivity (Wildman–Crippen MR) is 92.1 cm³/mol. The molecule has 0 aliphatic heterocycles. The lowest BCUT2D eigenvalue weighted by atomic mass is 9.97. The minimum atomic E-state index is -0.328. The van der Waals surface area contributed by atoms with E-state index >= 15 is 0 Å².